The first-order valence-corrected chi connectivity index (χ1v) is 11.7. The molecule has 0 saturated heterocycles. The van der Waals surface area contributed by atoms with Gasteiger partial charge in [0.2, 0.25) is 11.1 Å². The molecule has 1 aliphatic heterocycles. The second-order valence-electron chi connectivity index (χ2n) is 7.43. The minimum absolute atomic E-state index is 0.172. The number of aryl methyl sites for hydroxylation is 1. The molecule has 2 N–H and O–H groups in total. The van der Waals surface area contributed by atoms with E-state index in [4.69, 9.17) is 9.84 Å². The average molecular weight is 450 g/mol. The van der Waals surface area contributed by atoms with Crippen molar-refractivity contribution in [2.75, 3.05) is 23.0 Å². The maximum atomic E-state index is 13.5. The van der Waals surface area contributed by atoms with E-state index in [0.29, 0.717) is 23.3 Å². The van der Waals surface area contributed by atoms with Crippen molar-refractivity contribution in [2.45, 2.75) is 38.9 Å². The molecule has 0 fully saturated rings. The number of para-hydroxylation sites is 1. The van der Waals surface area contributed by atoms with Crippen molar-refractivity contribution in [3.05, 3.63) is 70.9 Å². The number of thioether (sulfide) groups is 1. The first kappa shape index (κ1) is 22.0. The van der Waals surface area contributed by atoms with Crippen LogP contribution in [0.1, 0.15) is 37.9 Å². The number of hydrogen-bond donors (Lipinski definition) is 2. The van der Waals surface area contributed by atoms with Crippen LogP contribution in [0.2, 0.25) is 0 Å². The number of benzene rings is 2. The van der Waals surface area contributed by atoms with Crippen molar-refractivity contribution in [2.24, 2.45) is 0 Å². The Morgan fingerprint density at radius 1 is 1.16 bits per heavy atom. The number of nitrogens with zero attached hydrogens (tertiary/aromatic N) is 3. The summed E-state index contributed by atoms with van der Waals surface area (Å²) >= 11 is 1.57. The van der Waals surface area contributed by atoms with Crippen LogP contribution >= 0.6 is 11.8 Å². The van der Waals surface area contributed by atoms with Gasteiger partial charge in [-0.3, -0.25) is 4.79 Å². The fourth-order valence-corrected chi connectivity index (χ4v) is 4.29. The van der Waals surface area contributed by atoms with Gasteiger partial charge in [0.15, 0.2) is 0 Å². The largest absolute Gasteiger partial charge is 0.494 e. The number of hydrogen-bond acceptors (Lipinski definition) is 6. The first-order valence-electron chi connectivity index (χ1n) is 10.7. The third-order valence-corrected chi connectivity index (χ3v) is 5.97. The predicted octanol–water partition coefficient (Wildman–Crippen LogP) is 5.02. The number of anilines is 2. The van der Waals surface area contributed by atoms with E-state index in [9.17, 15) is 4.79 Å². The Bertz CT molecular complexity index is 1150. The van der Waals surface area contributed by atoms with Gasteiger partial charge in [0, 0.05) is 11.4 Å². The van der Waals surface area contributed by atoms with Crippen molar-refractivity contribution in [1.82, 2.24) is 14.8 Å². The van der Waals surface area contributed by atoms with E-state index in [1.807, 2.05) is 69.3 Å². The van der Waals surface area contributed by atoms with Crippen LogP contribution in [0, 0.1) is 6.92 Å². The maximum absolute atomic E-state index is 13.5. The molecule has 0 bridgehead atoms. The topological polar surface area (TPSA) is 81.1 Å². The molecular formula is C24H27N5O2S. The Labute approximate surface area is 192 Å². The Kier molecular flexibility index (Phi) is 6.50. The number of allylic oxidation sites excluding steroid dienone is 1. The van der Waals surface area contributed by atoms with Crippen LogP contribution in [-0.4, -0.2) is 33.0 Å². The van der Waals surface area contributed by atoms with Crippen molar-refractivity contribution in [3.8, 4) is 5.75 Å². The highest BCUT2D eigenvalue weighted by Gasteiger charge is 2.34. The van der Waals surface area contributed by atoms with E-state index in [1.54, 1.807) is 16.4 Å². The van der Waals surface area contributed by atoms with Crippen LogP contribution in [0.4, 0.5) is 11.6 Å². The van der Waals surface area contributed by atoms with Gasteiger partial charge in [-0.1, -0.05) is 49.0 Å². The lowest BCUT2D eigenvalue weighted by atomic mass is 9.95. The monoisotopic (exact) mass is 449 g/mol. The quantitative estimate of drug-likeness (QED) is 0.493. The molecule has 2 aromatic carbocycles. The number of amides is 1. The van der Waals surface area contributed by atoms with Crippen molar-refractivity contribution in [3.63, 3.8) is 0 Å². The molecule has 1 amide bonds. The average Bonchev–Trinajstić information content (AvgIpc) is 3.17. The first-order chi connectivity index (χ1) is 15.5. The molecule has 7 nitrogen and oxygen atoms in total. The van der Waals surface area contributed by atoms with Gasteiger partial charge in [-0.2, -0.15) is 4.98 Å². The zero-order valence-electron chi connectivity index (χ0n) is 18.7. The van der Waals surface area contributed by atoms with Gasteiger partial charge >= 0.3 is 0 Å². The standard InChI is InChI=1S/C24H27N5O2S/c1-5-31-18-13-11-17(12-14-18)21-20(22(30)26-19-10-8-7-9-15(19)3)16(4)25-23-27-24(32-6-2)28-29(21)23/h7-14,21H,5-6H2,1-4H3,(H,26,30)(H,25,27,28)/t21-/m1/s1. The minimum atomic E-state index is -0.412. The molecule has 8 heteroatoms. The maximum Gasteiger partial charge on any atom is 0.255 e. The zero-order valence-corrected chi connectivity index (χ0v) is 19.5. The number of ether oxygens (including phenoxy) is 1. The van der Waals surface area contributed by atoms with E-state index in [2.05, 4.69) is 22.5 Å². The SMILES string of the molecule is CCOc1ccc([C@@H]2C(C(=O)Nc3ccccc3C)=C(C)Nc3nc(SCC)nn32)cc1. The molecule has 0 radical (unpaired) electrons. The number of nitrogens with one attached hydrogen (secondary N) is 2. The molecule has 0 unspecified atom stereocenters. The third-order valence-electron chi connectivity index (χ3n) is 5.25. The van der Waals surface area contributed by atoms with Crippen LogP contribution in [-0.2, 0) is 4.79 Å². The van der Waals surface area contributed by atoms with Gasteiger partial charge in [-0.05, 0) is 55.9 Å². The van der Waals surface area contributed by atoms with Gasteiger partial charge in [-0.25, -0.2) is 4.68 Å². The molecule has 0 saturated carbocycles. The Morgan fingerprint density at radius 3 is 2.59 bits per heavy atom. The molecular weight excluding hydrogens is 422 g/mol. The van der Waals surface area contributed by atoms with E-state index in [-0.39, 0.29) is 5.91 Å². The molecule has 0 spiro atoms. The summed E-state index contributed by atoms with van der Waals surface area (Å²) in [6.45, 7) is 8.49. The molecule has 1 aliphatic rings. The van der Waals surface area contributed by atoms with Crippen molar-refractivity contribution >= 4 is 29.3 Å². The summed E-state index contributed by atoms with van der Waals surface area (Å²) in [5.41, 5.74) is 4.08. The molecule has 32 heavy (non-hydrogen) atoms. The molecule has 4 rings (SSSR count). The van der Waals surface area contributed by atoms with Gasteiger partial charge in [0.1, 0.15) is 11.8 Å². The highest BCUT2D eigenvalue weighted by atomic mass is 32.2. The van der Waals surface area contributed by atoms with Gasteiger partial charge in [0.05, 0.1) is 12.2 Å². The summed E-state index contributed by atoms with van der Waals surface area (Å²) in [4.78, 5) is 18.1. The molecule has 0 aliphatic carbocycles. The highest BCUT2D eigenvalue weighted by Crippen LogP contribution is 2.37. The fourth-order valence-electron chi connectivity index (χ4n) is 3.74. The smallest absolute Gasteiger partial charge is 0.255 e. The lowest BCUT2D eigenvalue weighted by Gasteiger charge is -2.29. The minimum Gasteiger partial charge on any atom is -0.494 e. The van der Waals surface area contributed by atoms with E-state index in [1.165, 1.54) is 0 Å². The van der Waals surface area contributed by atoms with Crippen LogP contribution in [0.15, 0.2) is 65.0 Å². The predicted molar refractivity (Wildman–Crippen MR) is 128 cm³/mol. The fraction of sp³-hybridized carbons (Fsp3) is 0.292. The summed E-state index contributed by atoms with van der Waals surface area (Å²) in [6, 6.07) is 15.1. The number of fused-ring (bicyclic) bond motifs is 1. The summed E-state index contributed by atoms with van der Waals surface area (Å²) in [7, 11) is 0. The summed E-state index contributed by atoms with van der Waals surface area (Å²) < 4.78 is 7.40. The van der Waals surface area contributed by atoms with Crippen LogP contribution in [0.25, 0.3) is 0 Å². The number of aromatic nitrogens is 3. The lowest BCUT2D eigenvalue weighted by molar-refractivity contribution is -0.113. The van der Waals surface area contributed by atoms with Crippen LogP contribution in [0.3, 0.4) is 0 Å². The number of carbonyl (C=O) groups excluding carboxylic acids is 1. The van der Waals surface area contributed by atoms with E-state index in [0.717, 1.165) is 34.0 Å². The van der Waals surface area contributed by atoms with Crippen molar-refractivity contribution < 1.29 is 9.53 Å². The van der Waals surface area contributed by atoms with Crippen LogP contribution < -0.4 is 15.4 Å². The Morgan fingerprint density at radius 2 is 1.91 bits per heavy atom. The van der Waals surface area contributed by atoms with Crippen molar-refractivity contribution in [1.29, 1.82) is 0 Å². The molecule has 2 heterocycles. The van der Waals surface area contributed by atoms with Gasteiger partial charge in [0.25, 0.3) is 5.91 Å². The number of carbonyl (C=O) groups is 1. The molecule has 166 valence electrons. The zero-order chi connectivity index (χ0) is 22.7. The van der Waals surface area contributed by atoms with Crippen LogP contribution in [0.5, 0.6) is 5.75 Å². The van der Waals surface area contributed by atoms with E-state index >= 15 is 0 Å². The van der Waals surface area contributed by atoms with E-state index < -0.39 is 6.04 Å². The Hall–Kier alpha value is -3.26. The highest BCUT2D eigenvalue weighted by molar-refractivity contribution is 7.99. The second-order valence-corrected chi connectivity index (χ2v) is 8.66. The normalized spacial score (nSPS) is 15.2. The molecule has 1 aromatic heterocycles. The van der Waals surface area contributed by atoms with Gasteiger partial charge in [-0.15, -0.1) is 5.10 Å². The molecule has 3 aromatic rings. The molecule has 1 atom stereocenters. The summed E-state index contributed by atoms with van der Waals surface area (Å²) in [5, 5.41) is 11.7. The Balaban J connectivity index is 1.76. The van der Waals surface area contributed by atoms with Gasteiger partial charge < -0.3 is 15.4 Å². The summed E-state index contributed by atoms with van der Waals surface area (Å²) in [5.74, 6) is 2.11. The second kappa shape index (κ2) is 9.48. The summed E-state index contributed by atoms with van der Waals surface area (Å²) in [6.07, 6.45) is 0. The lowest BCUT2D eigenvalue weighted by Crippen LogP contribution is -2.31. The number of rotatable bonds is 7. The third kappa shape index (κ3) is 4.36.